The molecule has 0 spiro atoms. The lowest BCUT2D eigenvalue weighted by atomic mass is 9.85. The second kappa shape index (κ2) is 9.67. The number of rotatable bonds is 7. The van der Waals surface area contributed by atoms with Gasteiger partial charge in [-0.05, 0) is 49.2 Å². The SMILES string of the molecule is COc1ccc(CC2(C)C(=O)N(C(c3ccccc3)c3ccccc3)CCN2C)cc1OC. The van der Waals surface area contributed by atoms with Crippen LogP contribution in [0.4, 0.5) is 0 Å². The van der Waals surface area contributed by atoms with Gasteiger partial charge in [-0.1, -0.05) is 66.7 Å². The normalized spacial score (nSPS) is 19.1. The van der Waals surface area contributed by atoms with Crippen LogP contribution in [0.25, 0.3) is 0 Å². The van der Waals surface area contributed by atoms with Gasteiger partial charge in [-0.15, -0.1) is 0 Å². The van der Waals surface area contributed by atoms with Gasteiger partial charge in [0.2, 0.25) is 5.91 Å². The highest BCUT2D eigenvalue weighted by Crippen LogP contribution is 2.36. The summed E-state index contributed by atoms with van der Waals surface area (Å²) in [5, 5.41) is 0. The van der Waals surface area contributed by atoms with Crippen molar-refractivity contribution in [3.05, 3.63) is 95.6 Å². The molecule has 0 aromatic heterocycles. The minimum atomic E-state index is -0.681. The first-order valence-electron chi connectivity index (χ1n) is 11.3. The highest BCUT2D eigenvalue weighted by molar-refractivity contribution is 5.88. The van der Waals surface area contributed by atoms with E-state index in [0.717, 1.165) is 23.2 Å². The van der Waals surface area contributed by atoms with Crippen LogP contribution in [-0.4, -0.2) is 55.6 Å². The number of ether oxygens (including phenoxy) is 2. The summed E-state index contributed by atoms with van der Waals surface area (Å²) in [5.41, 5.74) is 2.60. The quantitative estimate of drug-likeness (QED) is 0.535. The van der Waals surface area contributed by atoms with Crippen LogP contribution >= 0.6 is 0 Å². The number of piperazine rings is 1. The Balaban J connectivity index is 1.70. The predicted molar refractivity (Wildman–Crippen MR) is 131 cm³/mol. The highest BCUT2D eigenvalue weighted by atomic mass is 16.5. The zero-order valence-corrected chi connectivity index (χ0v) is 19.8. The lowest BCUT2D eigenvalue weighted by Gasteiger charge is -2.49. The maximum absolute atomic E-state index is 14.2. The third-order valence-corrected chi connectivity index (χ3v) is 6.78. The molecule has 1 amide bonds. The van der Waals surface area contributed by atoms with E-state index in [-0.39, 0.29) is 11.9 Å². The Bertz CT molecular complexity index is 1050. The van der Waals surface area contributed by atoms with Crippen molar-refractivity contribution in [3.8, 4) is 11.5 Å². The van der Waals surface area contributed by atoms with Gasteiger partial charge in [0.1, 0.15) is 5.54 Å². The van der Waals surface area contributed by atoms with Crippen molar-refractivity contribution in [2.75, 3.05) is 34.4 Å². The van der Waals surface area contributed by atoms with Gasteiger partial charge < -0.3 is 14.4 Å². The lowest BCUT2D eigenvalue weighted by molar-refractivity contribution is -0.151. The number of likely N-dealkylation sites (N-methyl/N-ethyl adjacent to an activating group) is 1. The average Bonchev–Trinajstić information content (AvgIpc) is 2.86. The van der Waals surface area contributed by atoms with E-state index in [1.807, 2.05) is 73.5 Å². The largest absolute Gasteiger partial charge is 0.493 e. The summed E-state index contributed by atoms with van der Waals surface area (Å²) >= 11 is 0. The summed E-state index contributed by atoms with van der Waals surface area (Å²) in [6.07, 6.45) is 0.579. The molecule has 0 N–H and O–H groups in total. The Morgan fingerprint density at radius 3 is 1.97 bits per heavy atom. The summed E-state index contributed by atoms with van der Waals surface area (Å²) in [6.45, 7) is 3.52. The van der Waals surface area contributed by atoms with E-state index in [1.54, 1.807) is 14.2 Å². The Morgan fingerprint density at radius 2 is 1.42 bits per heavy atom. The summed E-state index contributed by atoms with van der Waals surface area (Å²) in [4.78, 5) is 18.4. The van der Waals surface area contributed by atoms with Crippen molar-refractivity contribution in [2.45, 2.75) is 24.9 Å². The number of carbonyl (C=O) groups excluding carboxylic acids is 1. The fourth-order valence-corrected chi connectivity index (χ4v) is 4.75. The summed E-state index contributed by atoms with van der Waals surface area (Å²) in [6, 6.07) is 26.4. The third kappa shape index (κ3) is 4.46. The molecule has 5 nitrogen and oxygen atoms in total. The Kier molecular flexibility index (Phi) is 6.70. The number of nitrogens with zero attached hydrogens (tertiary/aromatic N) is 2. The van der Waals surface area contributed by atoms with Crippen LogP contribution in [0.3, 0.4) is 0 Å². The van der Waals surface area contributed by atoms with Crippen LogP contribution in [0, 0.1) is 0 Å². The van der Waals surface area contributed by atoms with Crippen molar-refractivity contribution in [2.24, 2.45) is 0 Å². The molecule has 0 radical (unpaired) electrons. The van der Waals surface area contributed by atoms with Gasteiger partial charge in [0.15, 0.2) is 11.5 Å². The number of hydrogen-bond acceptors (Lipinski definition) is 4. The van der Waals surface area contributed by atoms with Gasteiger partial charge in [0.05, 0.1) is 20.3 Å². The van der Waals surface area contributed by atoms with E-state index in [1.165, 1.54) is 0 Å². The summed E-state index contributed by atoms with van der Waals surface area (Å²) < 4.78 is 10.9. The highest BCUT2D eigenvalue weighted by Gasteiger charge is 2.46. The maximum Gasteiger partial charge on any atom is 0.243 e. The Labute approximate surface area is 196 Å². The molecule has 0 bridgehead atoms. The summed E-state index contributed by atoms with van der Waals surface area (Å²) in [5.74, 6) is 1.49. The van der Waals surface area contributed by atoms with Crippen LogP contribution < -0.4 is 9.47 Å². The topological polar surface area (TPSA) is 42.0 Å². The Morgan fingerprint density at radius 1 is 0.848 bits per heavy atom. The molecule has 1 aliphatic rings. The van der Waals surface area contributed by atoms with E-state index in [4.69, 9.17) is 9.47 Å². The van der Waals surface area contributed by atoms with Gasteiger partial charge in [-0.25, -0.2) is 0 Å². The first-order valence-corrected chi connectivity index (χ1v) is 11.3. The van der Waals surface area contributed by atoms with Gasteiger partial charge in [0, 0.05) is 13.1 Å². The molecule has 0 saturated carbocycles. The average molecular weight is 445 g/mol. The molecular weight excluding hydrogens is 412 g/mol. The first kappa shape index (κ1) is 22.9. The zero-order valence-electron chi connectivity index (χ0n) is 19.8. The van der Waals surface area contributed by atoms with Gasteiger partial charge >= 0.3 is 0 Å². The molecule has 4 rings (SSSR count). The molecule has 1 aliphatic heterocycles. The van der Waals surface area contributed by atoms with Gasteiger partial charge in [-0.2, -0.15) is 0 Å². The number of hydrogen-bond donors (Lipinski definition) is 0. The van der Waals surface area contributed by atoms with Crippen molar-refractivity contribution >= 4 is 5.91 Å². The van der Waals surface area contributed by atoms with E-state index >= 15 is 0 Å². The van der Waals surface area contributed by atoms with Gasteiger partial charge in [0.25, 0.3) is 0 Å². The first-order chi connectivity index (χ1) is 16.0. The molecule has 1 fully saturated rings. The molecule has 172 valence electrons. The minimum absolute atomic E-state index is 0.127. The molecule has 3 aromatic rings. The maximum atomic E-state index is 14.2. The molecule has 1 saturated heterocycles. The molecule has 33 heavy (non-hydrogen) atoms. The van der Waals surface area contributed by atoms with E-state index < -0.39 is 5.54 Å². The molecule has 1 atom stereocenters. The number of methoxy groups -OCH3 is 2. The molecule has 3 aromatic carbocycles. The Hall–Kier alpha value is -3.31. The number of benzene rings is 3. The van der Waals surface area contributed by atoms with Crippen molar-refractivity contribution in [1.29, 1.82) is 0 Å². The molecule has 5 heteroatoms. The number of carbonyl (C=O) groups is 1. The smallest absolute Gasteiger partial charge is 0.243 e. The van der Waals surface area contributed by atoms with Crippen LogP contribution in [0.1, 0.15) is 29.7 Å². The van der Waals surface area contributed by atoms with E-state index in [0.29, 0.717) is 24.5 Å². The molecule has 0 aliphatic carbocycles. The molecule has 1 heterocycles. The second-order valence-corrected chi connectivity index (χ2v) is 8.78. The molecule has 1 unspecified atom stereocenters. The van der Waals surface area contributed by atoms with E-state index in [9.17, 15) is 4.79 Å². The second-order valence-electron chi connectivity index (χ2n) is 8.78. The minimum Gasteiger partial charge on any atom is -0.493 e. The monoisotopic (exact) mass is 444 g/mol. The fraction of sp³-hybridized carbons (Fsp3) is 0.321. The third-order valence-electron chi connectivity index (χ3n) is 6.78. The van der Waals surface area contributed by atoms with Crippen molar-refractivity contribution in [1.82, 2.24) is 9.80 Å². The van der Waals surface area contributed by atoms with Crippen LogP contribution in [0.2, 0.25) is 0 Å². The standard InChI is InChI=1S/C28H32N2O3/c1-28(20-21-15-16-24(32-3)25(19-21)33-4)27(31)30(18-17-29(28)2)26(22-11-7-5-8-12-22)23-13-9-6-10-14-23/h5-16,19,26H,17-18,20H2,1-4H3. The van der Waals surface area contributed by atoms with Crippen LogP contribution in [0.5, 0.6) is 11.5 Å². The van der Waals surface area contributed by atoms with Crippen molar-refractivity contribution in [3.63, 3.8) is 0 Å². The van der Waals surface area contributed by atoms with Gasteiger partial charge in [-0.3, -0.25) is 9.69 Å². The molecular formula is C28H32N2O3. The lowest BCUT2D eigenvalue weighted by Crippen LogP contribution is -2.64. The van der Waals surface area contributed by atoms with Crippen LogP contribution in [-0.2, 0) is 11.2 Å². The fourth-order valence-electron chi connectivity index (χ4n) is 4.75. The number of amides is 1. The summed E-state index contributed by atoms with van der Waals surface area (Å²) in [7, 11) is 5.30. The predicted octanol–water partition coefficient (Wildman–Crippen LogP) is 4.57. The van der Waals surface area contributed by atoms with Crippen LogP contribution in [0.15, 0.2) is 78.9 Å². The van der Waals surface area contributed by atoms with Crippen molar-refractivity contribution < 1.29 is 14.3 Å². The van der Waals surface area contributed by atoms with E-state index in [2.05, 4.69) is 29.2 Å². The zero-order chi connectivity index (χ0) is 23.4.